The van der Waals surface area contributed by atoms with E-state index in [-0.39, 0.29) is 37.4 Å². The van der Waals surface area contributed by atoms with Crippen molar-refractivity contribution in [3.63, 3.8) is 0 Å². The molecule has 5 aliphatic heterocycles. The molecule has 3 fully saturated rings. The summed E-state index contributed by atoms with van der Waals surface area (Å²) in [6, 6.07) is 14.1. The lowest BCUT2D eigenvalue weighted by Crippen LogP contribution is -2.49. The van der Waals surface area contributed by atoms with Gasteiger partial charge in [-0.25, -0.2) is 29.1 Å². The van der Waals surface area contributed by atoms with E-state index in [9.17, 15) is 9.18 Å². The van der Waals surface area contributed by atoms with Crippen LogP contribution in [0.25, 0.3) is 31.8 Å². The van der Waals surface area contributed by atoms with Gasteiger partial charge in [0.2, 0.25) is 12.0 Å². The molecule has 4 atom stereocenters. The minimum atomic E-state index is -1.25. The number of aromatic nitrogens is 4. The molecule has 3 aromatic heterocycles. The molecule has 0 unspecified atom stereocenters. The van der Waals surface area contributed by atoms with E-state index in [0.29, 0.717) is 96.0 Å². The topological polar surface area (TPSA) is 134 Å². The van der Waals surface area contributed by atoms with Crippen molar-refractivity contribution in [3.8, 4) is 44.7 Å². The average Bonchev–Trinajstić information content (AvgIpc) is 3.99. The lowest BCUT2D eigenvalue weighted by molar-refractivity contribution is -0.163. The van der Waals surface area contributed by atoms with Gasteiger partial charge in [0.05, 0.1) is 27.7 Å². The zero-order valence-electron chi connectivity index (χ0n) is 40.8. The molecule has 0 aliphatic carbocycles. The second-order valence-electron chi connectivity index (χ2n) is 19.8. The van der Waals surface area contributed by atoms with Crippen LogP contribution >= 0.6 is 34.5 Å². The van der Waals surface area contributed by atoms with E-state index >= 15 is 0 Å². The number of halogens is 3. The lowest BCUT2D eigenvalue weighted by atomic mass is 9.92. The zero-order valence-corrected chi connectivity index (χ0v) is 43.1. The summed E-state index contributed by atoms with van der Waals surface area (Å²) >= 11 is 16.2. The molecule has 0 saturated carbocycles. The summed E-state index contributed by atoms with van der Waals surface area (Å²) in [6.07, 6.45) is 3.44. The zero-order chi connectivity index (χ0) is 49.6. The molecule has 6 aromatic rings. The van der Waals surface area contributed by atoms with E-state index in [1.165, 1.54) is 36.2 Å². The summed E-state index contributed by atoms with van der Waals surface area (Å²) < 4.78 is 53.9. The molecule has 71 heavy (non-hydrogen) atoms. The second kappa shape index (κ2) is 20.7. The number of ether oxygens (including phenoxy) is 6. The molecule has 0 radical (unpaired) electrons. The minimum absolute atomic E-state index is 0.00951. The smallest absolute Gasteiger partial charge is 0.348 e. The van der Waals surface area contributed by atoms with Crippen molar-refractivity contribution in [3.05, 3.63) is 105 Å². The van der Waals surface area contributed by atoms with Crippen molar-refractivity contribution in [1.82, 2.24) is 34.6 Å². The Morgan fingerprint density at radius 3 is 2.46 bits per heavy atom. The van der Waals surface area contributed by atoms with Gasteiger partial charge in [-0.3, -0.25) is 9.80 Å². The Bertz CT molecular complexity index is 2900. The van der Waals surface area contributed by atoms with Crippen LogP contribution in [0.15, 0.2) is 61.1 Å². The lowest BCUT2D eigenvalue weighted by Gasteiger charge is -2.35. The maximum Gasteiger partial charge on any atom is 0.348 e. The van der Waals surface area contributed by atoms with Gasteiger partial charge in [0, 0.05) is 73.9 Å². The third-order valence-corrected chi connectivity index (χ3v) is 15.6. The number of benzene rings is 3. The molecule has 18 heteroatoms. The molecule has 8 heterocycles. The van der Waals surface area contributed by atoms with Crippen molar-refractivity contribution in [2.45, 2.75) is 90.4 Å². The van der Waals surface area contributed by atoms with Gasteiger partial charge in [0.15, 0.2) is 11.6 Å². The molecule has 3 saturated heterocycles. The second-order valence-corrected chi connectivity index (χ2v) is 21.6. The number of carbonyl (C=O) groups is 1. The average molecular weight is 1030 g/mol. The third-order valence-electron chi connectivity index (χ3n) is 13.5. The maximum absolute atomic E-state index is 14.6. The number of rotatable bonds is 8. The van der Waals surface area contributed by atoms with Crippen LogP contribution in [-0.2, 0) is 27.3 Å². The van der Waals surface area contributed by atoms with Crippen molar-refractivity contribution in [1.29, 1.82) is 0 Å². The molecule has 11 rings (SSSR count). The van der Waals surface area contributed by atoms with Crippen LogP contribution < -0.4 is 18.9 Å². The normalized spacial score (nSPS) is 21.3. The molecule has 3 aromatic carbocycles. The van der Waals surface area contributed by atoms with Gasteiger partial charge in [-0.15, -0.1) is 11.3 Å². The Labute approximate surface area is 427 Å². The summed E-state index contributed by atoms with van der Waals surface area (Å²) in [7, 11) is 2.12. The van der Waals surface area contributed by atoms with Crippen molar-refractivity contribution in [2.75, 3.05) is 66.1 Å². The van der Waals surface area contributed by atoms with Gasteiger partial charge in [-0.1, -0.05) is 35.3 Å². The van der Waals surface area contributed by atoms with Crippen LogP contribution in [0.2, 0.25) is 10.0 Å². The quantitative estimate of drug-likeness (QED) is 0.134. The summed E-state index contributed by atoms with van der Waals surface area (Å²) in [5, 5.41) is 1.17. The Kier molecular flexibility index (Phi) is 14.4. The van der Waals surface area contributed by atoms with Crippen LogP contribution in [0.1, 0.15) is 67.9 Å². The fourth-order valence-electron chi connectivity index (χ4n) is 9.85. The first-order valence-electron chi connectivity index (χ1n) is 24.2. The number of morpholine rings is 1. The predicted molar refractivity (Wildman–Crippen MR) is 272 cm³/mol. The highest BCUT2D eigenvalue weighted by atomic mass is 35.5. The van der Waals surface area contributed by atoms with Crippen molar-refractivity contribution < 1.29 is 37.6 Å². The van der Waals surface area contributed by atoms with Gasteiger partial charge in [0.25, 0.3) is 0 Å². The molecule has 4 bridgehead atoms. The largest absolute Gasteiger partial charge is 0.490 e. The molecule has 374 valence electrons. The SMILES string of the molecule is Cc1c(Cl)c2c(Cl)c(C)c1-c1c(-c3ccc(F)cc3)sc3ncnc(c13)O[C@@H](C(=O)OC(C)(C)C)Cc1cc(ccc1OCc1ccnc([C@@H]3CN4CCC[C@H]4CO3)n1)OC[C@@H](CN1CCN(C)CC1)O2. The van der Waals surface area contributed by atoms with Crippen LogP contribution in [0.5, 0.6) is 23.1 Å². The maximum atomic E-state index is 14.6. The number of piperazine rings is 1. The van der Waals surface area contributed by atoms with Crippen LogP contribution in [0.3, 0.4) is 0 Å². The van der Waals surface area contributed by atoms with E-state index in [4.69, 9.17) is 66.6 Å². The van der Waals surface area contributed by atoms with Gasteiger partial charge >= 0.3 is 5.97 Å². The van der Waals surface area contributed by atoms with Gasteiger partial charge < -0.3 is 33.3 Å². The Morgan fingerprint density at radius 1 is 0.930 bits per heavy atom. The third kappa shape index (κ3) is 10.8. The van der Waals surface area contributed by atoms with E-state index in [1.54, 1.807) is 18.3 Å². The summed E-state index contributed by atoms with van der Waals surface area (Å²) in [5.74, 6) is 1.08. The Balaban J connectivity index is 1.09. The highest BCUT2D eigenvalue weighted by molar-refractivity contribution is 7.22. The number of hydrogen-bond acceptors (Lipinski definition) is 15. The Hall–Kier alpha value is -5.20. The van der Waals surface area contributed by atoms with Gasteiger partial charge in [-0.2, -0.15) is 0 Å². The fourth-order valence-corrected chi connectivity index (χ4v) is 11.5. The van der Waals surface area contributed by atoms with Gasteiger partial charge in [0.1, 0.15) is 59.5 Å². The number of carbonyl (C=O) groups excluding carboxylic acids is 1. The minimum Gasteiger partial charge on any atom is -0.490 e. The standard InChI is InChI=1S/C53H58Cl2FN7O7S/c1-30-42-31(2)46(55)47(45(30)54)68-38(24-62-20-18-61(6)19-21-62)28-65-37-13-14-39(66-26-35-15-16-57-49(60-35)41-25-63-17-7-8-36(63)27-67-41)33(22-37)23-40(52(64)70-53(3,4)5)69-50-44-43(42)48(71-51(44)59-29-58-50)32-9-11-34(56)12-10-32/h9-16,22,29,36,38,40-41H,7-8,17-21,23-28H2,1-6H3/t36-,38+,40+,41-/m0/s1. The summed E-state index contributed by atoms with van der Waals surface area (Å²) in [5.41, 5.74) is 3.87. The molecule has 14 nitrogen and oxygen atoms in total. The first-order valence-corrected chi connectivity index (χ1v) is 25.8. The number of fused-ring (bicyclic) bond motifs is 8. The molecule has 5 aliphatic rings. The molecule has 0 N–H and O–H groups in total. The monoisotopic (exact) mass is 1030 g/mol. The number of esters is 1. The molecule has 0 amide bonds. The van der Waals surface area contributed by atoms with E-state index in [2.05, 4.69) is 26.7 Å². The number of thiophene rings is 1. The van der Waals surface area contributed by atoms with E-state index < -0.39 is 23.8 Å². The summed E-state index contributed by atoms with van der Waals surface area (Å²) in [4.78, 5) is 42.0. The van der Waals surface area contributed by atoms with Gasteiger partial charge in [-0.05, 0) is 120 Å². The van der Waals surface area contributed by atoms with Crippen LogP contribution in [0.4, 0.5) is 4.39 Å². The first-order chi connectivity index (χ1) is 34.2. The predicted octanol–water partition coefficient (Wildman–Crippen LogP) is 9.71. The number of nitrogens with zero attached hydrogens (tertiary/aromatic N) is 7. The number of hydrogen-bond donors (Lipinski definition) is 0. The van der Waals surface area contributed by atoms with Crippen molar-refractivity contribution >= 4 is 50.7 Å². The van der Waals surface area contributed by atoms with Crippen LogP contribution in [0, 0.1) is 19.7 Å². The fraction of sp³-hybridized carbons (Fsp3) is 0.453. The van der Waals surface area contributed by atoms with E-state index in [0.717, 1.165) is 56.1 Å². The summed E-state index contributed by atoms with van der Waals surface area (Å²) in [6.45, 7) is 16.0. The molecular weight excluding hydrogens is 969 g/mol. The highest BCUT2D eigenvalue weighted by Gasteiger charge is 2.36. The van der Waals surface area contributed by atoms with Crippen molar-refractivity contribution in [2.24, 2.45) is 0 Å². The van der Waals surface area contributed by atoms with Crippen LogP contribution in [-0.4, -0.2) is 131 Å². The van der Waals surface area contributed by atoms with E-state index in [1.807, 2.05) is 58.9 Å². The number of likely N-dealkylation sites (N-methyl/N-ethyl adjacent to an activating group) is 1. The Morgan fingerprint density at radius 2 is 1.70 bits per heavy atom. The first kappa shape index (κ1) is 49.4. The highest BCUT2D eigenvalue weighted by Crippen LogP contribution is 2.53. The molecular formula is C53H58Cl2FN7O7S. The molecule has 0 spiro atoms.